The van der Waals surface area contributed by atoms with Gasteiger partial charge in [-0.15, -0.1) is 0 Å². The van der Waals surface area contributed by atoms with Gasteiger partial charge in [-0.25, -0.2) is 8.42 Å². The first kappa shape index (κ1) is 28.2. The van der Waals surface area contributed by atoms with Crippen molar-refractivity contribution in [3.05, 3.63) is 60.2 Å². The van der Waals surface area contributed by atoms with E-state index in [0.29, 0.717) is 31.0 Å². The van der Waals surface area contributed by atoms with Crippen molar-refractivity contribution < 1.29 is 22.7 Å². The highest BCUT2D eigenvalue weighted by molar-refractivity contribution is 7.92. The Kier molecular flexibility index (Phi) is 10.6. The summed E-state index contributed by atoms with van der Waals surface area (Å²) >= 11 is 0. The van der Waals surface area contributed by atoms with Gasteiger partial charge in [0.1, 0.15) is 18.3 Å². The number of benzene rings is 2. The molecule has 35 heavy (non-hydrogen) atoms. The summed E-state index contributed by atoms with van der Waals surface area (Å²) in [6, 6.07) is 15.2. The molecule has 0 bridgehead atoms. The van der Waals surface area contributed by atoms with Gasteiger partial charge in [0.05, 0.1) is 18.6 Å². The van der Waals surface area contributed by atoms with Gasteiger partial charge in [-0.05, 0) is 49.1 Å². The van der Waals surface area contributed by atoms with Gasteiger partial charge in [0.25, 0.3) is 0 Å². The predicted molar refractivity (Wildman–Crippen MR) is 139 cm³/mol. The molecule has 0 heterocycles. The lowest BCUT2D eigenvalue weighted by Crippen LogP contribution is -2.52. The van der Waals surface area contributed by atoms with E-state index < -0.39 is 28.5 Å². The highest BCUT2D eigenvalue weighted by atomic mass is 32.2. The van der Waals surface area contributed by atoms with E-state index in [4.69, 9.17) is 4.74 Å². The monoisotopic (exact) mass is 503 g/mol. The fraction of sp³-hybridized carbons (Fsp3) is 0.462. The zero-order chi connectivity index (χ0) is 26.0. The Hall–Kier alpha value is -3.07. The molecule has 0 saturated heterocycles. The molecule has 0 unspecified atom stereocenters. The third-order valence-electron chi connectivity index (χ3n) is 5.38. The molecule has 0 aliphatic rings. The Morgan fingerprint density at radius 3 is 2.14 bits per heavy atom. The lowest BCUT2D eigenvalue weighted by Gasteiger charge is -2.33. The summed E-state index contributed by atoms with van der Waals surface area (Å²) in [6.07, 6.45) is 1.45. The topological polar surface area (TPSA) is 96.0 Å². The van der Waals surface area contributed by atoms with E-state index in [1.54, 1.807) is 24.3 Å². The minimum absolute atomic E-state index is 0.189. The van der Waals surface area contributed by atoms with Crippen LogP contribution in [0.15, 0.2) is 54.6 Å². The fourth-order valence-corrected chi connectivity index (χ4v) is 4.46. The number of hydrogen-bond donors (Lipinski definition) is 1. The number of ether oxygens (including phenoxy) is 1. The molecule has 0 radical (unpaired) electrons. The largest absolute Gasteiger partial charge is 0.494 e. The Morgan fingerprint density at radius 2 is 1.63 bits per heavy atom. The molecule has 0 fully saturated rings. The van der Waals surface area contributed by atoms with E-state index in [2.05, 4.69) is 5.32 Å². The number of anilines is 1. The van der Waals surface area contributed by atoms with Crippen LogP contribution in [0, 0.1) is 5.92 Å². The average molecular weight is 504 g/mol. The quantitative estimate of drug-likeness (QED) is 0.452. The van der Waals surface area contributed by atoms with Crippen molar-refractivity contribution in [3.8, 4) is 5.75 Å². The van der Waals surface area contributed by atoms with Gasteiger partial charge in [-0.1, -0.05) is 51.1 Å². The van der Waals surface area contributed by atoms with E-state index in [-0.39, 0.29) is 18.4 Å². The molecule has 2 rings (SSSR count). The van der Waals surface area contributed by atoms with Crippen molar-refractivity contribution in [1.82, 2.24) is 10.2 Å². The van der Waals surface area contributed by atoms with Crippen molar-refractivity contribution in [3.63, 3.8) is 0 Å². The maximum Gasteiger partial charge on any atom is 0.244 e. The summed E-state index contributed by atoms with van der Waals surface area (Å²) in [5.74, 6) is 0.155. The van der Waals surface area contributed by atoms with Crippen LogP contribution in [-0.4, -0.2) is 57.1 Å². The minimum atomic E-state index is -3.77. The molecule has 192 valence electrons. The number of rotatable bonds is 13. The van der Waals surface area contributed by atoms with Crippen molar-refractivity contribution >= 4 is 27.5 Å². The van der Waals surface area contributed by atoms with Crippen LogP contribution in [0.25, 0.3) is 0 Å². The molecule has 2 amide bonds. The summed E-state index contributed by atoms with van der Waals surface area (Å²) in [7, 11) is -3.77. The molecule has 9 heteroatoms. The van der Waals surface area contributed by atoms with Crippen LogP contribution in [0.1, 0.15) is 39.7 Å². The van der Waals surface area contributed by atoms with Crippen molar-refractivity contribution in [2.45, 2.75) is 46.7 Å². The number of nitrogens with zero attached hydrogens (tertiary/aromatic N) is 2. The third-order valence-corrected chi connectivity index (χ3v) is 6.52. The highest BCUT2D eigenvalue weighted by Crippen LogP contribution is 2.23. The van der Waals surface area contributed by atoms with Crippen LogP contribution in [0.5, 0.6) is 5.75 Å². The van der Waals surface area contributed by atoms with Gasteiger partial charge in [0.2, 0.25) is 21.8 Å². The van der Waals surface area contributed by atoms with Gasteiger partial charge in [-0.3, -0.25) is 13.9 Å². The molecule has 1 atom stereocenters. The zero-order valence-electron chi connectivity index (χ0n) is 21.2. The molecular formula is C26H37N3O5S. The van der Waals surface area contributed by atoms with Crippen LogP contribution in [-0.2, 0) is 26.2 Å². The van der Waals surface area contributed by atoms with Crippen LogP contribution >= 0.6 is 0 Å². The fourth-order valence-electron chi connectivity index (χ4n) is 3.61. The van der Waals surface area contributed by atoms with E-state index in [9.17, 15) is 18.0 Å². The number of amides is 2. The second kappa shape index (κ2) is 13.1. The maximum atomic E-state index is 13.6. The van der Waals surface area contributed by atoms with E-state index in [1.165, 1.54) is 4.90 Å². The smallest absolute Gasteiger partial charge is 0.244 e. The van der Waals surface area contributed by atoms with Gasteiger partial charge in [0.15, 0.2) is 0 Å². The molecular weight excluding hydrogens is 466 g/mol. The first-order chi connectivity index (χ1) is 16.6. The number of nitrogens with one attached hydrogen (secondary N) is 1. The standard InChI is InChI=1S/C26H37N3O5S/c1-6-24(26(31)27-17-20(3)4)28(18-21-11-9-8-10-12-21)25(30)19-29(35(5,32)33)22-13-15-23(16-14-22)34-7-2/h8-16,20,24H,6-7,17-19H2,1-5H3,(H,27,31)/t24-/m1/s1. The van der Waals surface area contributed by atoms with Crippen molar-refractivity contribution in [2.75, 3.05) is 30.3 Å². The number of hydrogen-bond acceptors (Lipinski definition) is 5. The summed E-state index contributed by atoms with van der Waals surface area (Å²) in [5.41, 5.74) is 1.20. The first-order valence-electron chi connectivity index (χ1n) is 11.9. The lowest BCUT2D eigenvalue weighted by atomic mass is 10.1. The normalized spacial score (nSPS) is 12.2. The highest BCUT2D eigenvalue weighted by Gasteiger charge is 2.31. The third kappa shape index (κ3) is 8.58. The number of sulfonamides is 1. The second-order valence-electron chi connectivity index (χ2n) is 8.77. The summed E-state index contributed by atoms with van der Waals surface area (Å²) in [4.78, 5) is 28.1. The van der Waals surface area contributed by atoms with Crippen molar-refractivity contribution in [1.29, 1.82) is 0 Å². The Morgan fingerprint density at radius 1 is 1.00 bits per heavy atom. The lowest BCUT2D eigenvalue weighted by molar-refractivity contribution is -0.140. The van der Waals surface area contributed by atoms with Crippen LogP contribution in [0.4, 0.5) is 5.69 Å². The summed E-state index contributed by atoms with van der Waals surface area (Å²) in [6.45, 7) is 8.43. The van der Waals surface area contributed by atoms with Crippen molar-refractivity contribution in [2.24, 2.45) is 5.92 Å². The first-order valence-corrected chi connectivity index (χ1v) is 13.7. The van der Waals surface area contributed by atoms with E-state index in [1.807, 2.05) is 58.0 Å². The maximum absolute atomic E-state index is 13.6. The predicted octanol–water partition coefficient (Wildman–Crippen LogP) is 3.43. The molecule has 0 aliphatic heterocycles. The van der Waals surface area contributed by atoms with Gasteiger partial charge in [-0.2, -0.15) is 0 Å². The molecule has 0 spiro atoms. The molecule has 8 nitrogen and oxygen atoms in total. The Balaban J connectivity index is 2.37. The van der Waals surface area contributed by atoms with Crippen LogP contribution < -0.4 is 14.4 Å². The molecule has 2 aromatic rings. The minimum Gasteiger partial charge on any atom is -0.494 e. The average Bonchev–Trinajstić information content (AvgIpc) is 2.81. The number of carbonyl (C=O) groups excluding carboxylic acids is 2. The Bertz CT molecular complexity index is 1060. The zero-order valence-corrected chi connectivity index (χ0v) is 22.0. The van der Waals surface area contributed by atoms with Gasteiger partial charge < -0.3 is 15.0 Å². The van der Waals surface area contributed by atoms with Gasteiger partial charge in [0, 0.05) is 13.1 Å². The second-order valence-corrected chi connectivity index (χ2v) is 10.7. The SMILES string of the molecule is CCOc1ccc(N(CC(=O)N(Cc2ccccc2)[C@H](CC)C(=O)NCC(C)C)S(C)(=O)=O)cc1. The summed E-state index contributed by atoms with van der Waals surface area (Å²) in [5, 5.41) is 2.91. The molecule has 0 aromatic heterocycles. The van der Waals surface area contributed by atoms with E-state index in [0.717, 1.165) is 16.1 Å². The van der Waals surface area contributed by atoms with Crippen LogP contribution in [0.3, 0.4) is 0 Å². The number of carbonyl (C=O) groups is 2. The van der Waals surface area contributed by atoms with Gasteiger partial charge >= 0.3 is 0 Å². The Labute approximate surface area is 209 Å². The van der Waals surface area contributed by atoms with Crippen LogP contribution in [0.2, 0.25) is 0 Å². The van der Waals surface area contributed by atoms with E-state index >= 15 is 0 Å². The summed E-state index contributed by atoms with van der Waals surface area (Å²) < 4.78 is 31.8. The molecule has 2 aromatic carbocycles. The molecule has 1 N–H and O–H groups in total. The molecule has 0 aliphatic carbocycles. The molecule has 0 saturated carbocycles.